The Balaban J connectivity index is 2.14. The topological polar surface area (TPSA) is 39.4 Å². The minimum Gasteiger partial charge on any atom is -0.456 e. The average molecular weight is 264 g/mol. The number of hydrogen-bond acceptors (Lipinski definition) is 3. The van der Waals surface area contributed by atoms with Crippen LogP contribution in [0.1, 0.15) is 12.5 Å². The zero-order valence-electron chi connectivity index (χ0n) is 11.0. The number of fused-ring (bicyclic) bond motifs is 3. The normalized spacial score (nSPS) is 10.2. The fourth-order valence-electron chi connectivity index (χ4n) is 2.13. The maximum atomic E-state index is 11.3. The number of benzene rings is 2. The van der Waals surface area contributed by atoms with Crippen molar-refractivity contribution < 1.29 is 13.9 Å². The molecule has 1 heterocycles. The van der Waals surface area contributed by atoms with Crippen molar-refractivity contribution in [1.82, 2.24) is 0 Å². The first kappa shape index (κ1) is 12.3. The summed E-state index contributed by atoms with van der Waals surface area (Å²) in [6.45, 7) is 2.07. The highest BCUT2D eigenvalue weighted by Gasteiger charge is 2.08. The van der Waals surface area contributed by atoms with Gasteiger partial charge in [0.1, 0.15) is 5.58 Å². The van der Waals surface area contributed by atoms with E-state index in [4.69, 9.17) is 9.15 Å². The van der Waals surface area contributed by atoms with Crippen LogP contribution in [0.4, 0.5) is 0 Å². The van der Waals surface area contributed by atoms with E-state index in [1.807, 2.05) is 42.5 Å². The molecule has 3 heteroatoms. The molecule has 2 aromatic carbocycles. The van der Waals surface area contributed by atoms with E-state index in [-0.39, 0.29) is 0 Å². The summed E-state index contributed by atoms with van der Waals surface area (Å²) >= 11 is 0. The Labute approximate surface area is 116 Å². The molecule has 1 aromatic heterocycles. The van der Waals surface area contributed by atoms with Gasteiger partial charge in [0, 0.05) is 16.7 Å². The Bertz CT molecular complexity index is 847. The lowest BCUT2D eigenvalue weighted by molar-refractivity contribution is -0.136. The molecule has 0 saturated heterocycles. The van der Waals surface area contributed by atoms with Crippen LogP contribution in [0.5, 0.6) is 0 Å². The van der Waals surface area contributed by atoms with Crippen molar-refractivity contribution in [3.8, 4) is 11.8 Å². The number of rotatable bonds is 1. The quantitative estimate of drug-likeness (QED) is 0.499. The zero-order valence-corrected chi connectivity index (χ0v) is 11.0. The maximum absolute atomic E-state index is 11.3. The number of carbonyl (C=O) groups is 1. The highest BCUT2D eigenvalue weighted by Crippen LogP contribution is 2.30. The molecule has 3 aromatic rings. The summed E-state index contributed by atoms with van der Waals surface area (Å²) in [7, 11) is 0. The van der Waals surface area contributed by atoms with Crippen molar-refractivity contribution in [1.29, 1.82) is 0 Å². The lowest BCUT2D eigenvalue weighted by atomic mass is 10.1. The summed E-state index contributed by atoms with van der Waals surface area (Å²) < 4.78 is 10.6. The van der Waals surface area contributed by atoms with Crippen molar-refractivity contribution in [2.24, 2.45) is 0 Å². The first-order chi connectivity index (χ1) is 9.79. The van der Waals surface area contributed by atoms with Crippen molar-refractivity contribution in [3.05, 3.63) is 48.0 Å². The third kappa shape index (κ3) is 2.12. The molecule has 0 aliphatic heterocycles. The SMILES string of the molecule is CCOC(=O)C#Cc1cccc2c1oc1ccccc12. The second-order valence-corrected chi connectivity index (χ2v) is 4.25. The average Bonchev–Trinajstić information content (AvgIpc) is 2.84. The third-order valence-corrected chi connectivity index (χ3v) is 2.98. The molecule has 20 heavy (non-hydrogen) atoms. The van der Waals surface area contributed by atoms with Gasteiger partial charge in [-0.3, -0.25) is 0 Å². The number of para-hydroxylation sites is 2. The van der Waals surface area contributed by atoms with E-state index in [9.17, 15) is 4.79 Å². The van der Waals surface area contributed by atoms with E-state index < -0.39 is 5.97 Å². The molecule has 3 rings (SSSR count). The molecule has 0 bridgehead atoms. The monoisotopic (exact) mass is 264 g/mol. The van der Waals surface area contributed by atoms with Crippen molar-refractivity contribution >= 4 is 27.9 Å². The van der Waals surface area contributed by atoms with E-state index in [1.54, 1.807) is 6.92 Å². The molecule has 3 nitrogen and oxygen atoms in total. The fourth-order valence-corrected chi connectivity index (χ4v) is 2.13. The molecule has 0 unspecified atom stereocenters. The molecule has 0 radical (unpaired) electrons. The van der Waals surface area contributed by atoms with Gasteiger partial charge in [0.2, 0.25) is 0 Å². The largest absolute Gasteiger partial charge is 0.456 e. The van der Waals surface area contributed by atoms with Crippen LogP contribution in [-0.4, -0.2) is 12.6 Å². The van der Waals surface area contributed by atoms with Crippen LogP contribution < -0.4 is 0 Å². The number of ether oxygens (including phenoxy) is 1. The molecular formula is C17H12O3. The number of carbonyl (C=O) groups excluding carboxylic acids is 1. The standard InChI is InChI=1S/C17H12O3/c1-2-19-16(18)11-10-12-6-5-8-14-13-7-3-4-9-15(13)20-17(12)14/h3-9H,2H2,1H3. The Morgan fingerprint density at radius 2 is 1.95 bits per heavy atom. The molecule has 0 spiro atoms. The first-order valence-electron chi connectivity index (χ1n) is 6.38. The van der Waals surface area contributed by atoms with Crippen LogP contribution in [0, 0.1) is 11.8 Å². The predicted octanol–water partition coefficient (Wildman–Crippen LogP) is 3.50. The van der Waals surface area contributed by atoms with Gasteiger partial charge in [-0.15, -0.1) is 0 Å². The molecule has 0 N–H and O–H groups in total. The lowest BCUT2D eigenvalue weighted by Crippen LogP contribution is -1.99. The minimum absolute atomic E-state index is 0.322. The summed E-state index contributed by atoms with van der Waals surface area (Å²) in [4.78, 5) is 11.3. The van der Waals surface area contributed by atoms with Gasteiger partial charge in [-0.25, -0.2) is 4.79 Å². The van der Waals surface area contributed by atoms with Gasteiger partial charge < -0.3 is 9.15 Å². The van der Waals surface area contributed by atoms with E-state index in [0.717, 1.165) is 16.4 Å². The van der Waals surface area contributed by atoms with Gasteiger partial charge in [0.05, 0.1) is 12.2 Å². The van der Waals surface area contributed by atoms with Gasteiger partial charge >= 0.3 is 5.97 Å². The minimum atomic E-state index is -0.527. The van der Waals surface area contributed by atoms with E-state index in [2.05, 4.69) is 11.8 Å². The van der Waals surface area contributed by atoms with Crippen LogP contribution in [0.2, 0.25) is 0 Å². The highest BCUT2D eigenvalue weighted by atomic mass is 16.5. The van der Waals surface area contributed by atoms with Gasteiger partial charge in [0.15, 0.2) is 5.58 Å². The molecule has 0 aliphatic carbocycles. The summed E-state index contributed by atoms with van der Waals surface area (Å²) in [5, 5.41) is 2.04. The predicted molar refractivity (Wildman–Crippen MR) is 77.2 cm³/mol. The summed E-state index contributed by atoms with van der Waals surface area (Å²) in [5.41, 5.74) is 2.20. The highest BCUT2D eigenvalue weighted by molar-refractivity contribution is 6.06. The smallest absolute Gasteiger partial charge is 0.384 e. The van der Waals surface area contributed by atoms with E-state index in [0.29, 0.717) is 17.8 Å². The molecule has 98 valence electrons. The van der Waals surface area contributed by atoms with Crippen LogP contribution in [-0.2, 0) is 9.53 Å². The number of hydrogen-bond donors (Lipinski definition) is 0. The Kier molecular flexibility index (Phi) is 3.14. The Hall–Kier alpha value is -2.73. The summed E-state index contributed by atoms with van der Waals surface area (Å²) in [6, 6.07) is 13.5. The second kappa shape index (κ2) is 5.10. The lowest BCUT2D eigenvalue weighted by Gasteiger charge is -1.93. The van der Waals surface area contributed by atoms with Crippen LogP contribution in [0.3, 0.4) is 0 Å². The van der Waals surface area contributed by atoms with Gasteiger partial charge in [0.25, 0.3) is 0 Å². The number of esters is 1. The summed E-state index contributed by atoms with van der Waals surface area (Å²) in [6.07, 6.45) is 0. The van der Waals surface area contributed by atoms with Crippen molar-refractivity contribution in [2.45, 2.75) is 6.92 Å². The molecule has 0 atom stereocenters. The van der Waals surface area contributed by atoms with Gasteiger partial charge in [-0.05, 0) is 19.1 Å². The second-order valence-electron chi connectivity index (χ2n) is 4.25. The third-order valence-electron chi connectivity index (χ3n) is 2.98. The van der Waals surface area contributed by atoms with E-state index in [1.165, 1.54) is 0 Å². The molecule has 0 saturated carbocycles. The maximum Gasteiger partial charge on any atom is 0.384 e. The first-order valence-corrected chi connectivity index (χ1v) is 6.38. The van der Waals surface area contributed by atoms with Crippen LogP contribution in [0.25, 0.3) is 21.9 Å². The van der Waals surface area contributed by atoms with E-state index >= 15 is 0 Å². The van der Waals surface area contributed by atoms with Crippen molar-refractivity contribution in [3.63, 3.8) is 0 Å². The number of furan rings is 1. The molecular weight excluding hydrogens is 252 g/mol. The zero-order chi connectivity index (χ0) is 13.9. The molecule has 0 amide bonds. The molecule has 0 fully saturated rings. The van der Waals surface area contributed by atoms with Gasteiger partial charge in [-0.2, -0.15) is 0 Å². The Morgan fingerprint density at radius 1 is 1.15 bits per heavy atom. The van der Waals surface area contributed by atoms with Crippen molar-refractivity contribution in [2.75, 3.05) is 6.61 Å². The van der Waals surface area contributed by atoms with Crippen LogP contribution >= 0.6 is 0 Å². The summed E-state index contributed by atoms with van der Waals surface area (Å²) in [5.74, 6) is 4.75. The van der Waals surface area contributed by atoms with Crippen LogP contribution in [0.15, 0.2) is 46.9 Å². The molecule has 0 aliphatic rings. The Morgan fingerprint density at radius 3 is 2.80 bits per heavy atom. The van der Waals surface area contributed by atoms with Gasteiger partial charge in [-0.1, -0.05) is 36.3 Å². The fraction of sp³-hybridized carbons (Fsp3) is 0.118.